The van der Waals surface area contributed by atoms with Crippen molar-refractivity contribution in [1.29, 1.82) is 0 Å². The summed E-state index contributed by atoms with van der Waals surface area (Å²) >= 11 is 0. The zero-order valence-corrected chi connectivity index (χ0v) is 25.1. The van der Waals surface area contributed by atoms with Crippen LogP contribution in [0.2, 0.25) is 0 Å². The number of hydrogen-bond donors (Lipinski definition) is 2. The van der Waals surface area contributed by atoms with Gasteiger partial charge in [-0.25, -0.2) is 4.99 Å². The number of allylic oxidation sites excluding steroid dienone is 3. The van der Waals surface area contributed by atoms with Crippen molar-refractivity contribution >= 4 is 34.4 Å². The number of aromatic amines is 1. The number of rotatable bonds is 6. The van der Waals surface area contributed by atoms with Crippen LogP contribution in [0.25, 0.3) is 16.5 Å². The molecule has 1 aromatic carbocycles. The van der Waals surface area contributed by atoms with Crippen molar-refractivity contribution in [2.75, 3.05) is 32.8 Å². The summed E-state index contributed by atoms with van der Waals surface area (Å²) in [4.78, 5) is 28.1. The number of aromatic nitrogens is 1. The number of likely N-dealkylation sites (tertiary alicyclic amines) is 1. The molecule has 1 atom stereocenters. The fraction of sp³-hybridized carbons (Fsp3) is 0.559. The minimum absolute atomic E-state index is 0.130. The molecule has 7 nitrogen and oxygen atoms in total. The van der Waals surface area contributed by atoms with Crippen LogP contribution in [-0.4, -0.2) is 72.3 Å². The van der Waals surface area contributed by atoms with Gasteiger partial charge in [0.05, 0.1) is 18.3 Å². The van der Waals surface area contributed by atoms with Gasteiger partial charge in [0.1, 0.15) is 6.34 Å². The highest BCUT2D eigenvalue weighted by molar-refractivity contribution is 6.11. The second-order valence-corrected chi connectivity index (χ2v) is 13.0. The molecule has 2 saturated heterocycles. The van der Waals surface area contributed by atoms with Gasteiger partial charge in [0.2, 0.25) is 5.91 Å². The van der Waals surface area contributed by atoms with E-state index in [1.165, 1.54) is 38.9 Å². The van der Waals surface area contributed by atoms with Gasteiger partial charge in [-0.1, -0.05) is 26.0 Å². The second kappa shape index (κ2) is 11.7. The monoisotopic (exact) mass is 555 g/mol. The Kier molecular flexibility index (Phi) is 8.01. The van der Waals surface area contributed by atoms with Gasteiger partial charge in [0.15, 0.2) is 0 Å². The van der Waals surface area contributed by atoms with Crippen molar-refractivity contribution in [3.8, 4) is 0 Å². The van der Waals surface area contributed by atoms with Crippen LogP contribution >= 0.6 is 0 Å². The number of H-pyrrole nitrogens is 1. The van der Waals surface area contributed by atoms with Gasteiger partial charge in [-0.15, -0.1) is 0 Å². The number of ether oxygens (including phenoxy) is 1. The van der Waals surface area contributed by atoms with E-state index < -0.39 is 0 Å². The molecule has 0 spiro atoms. The van der Waals surface area contributed by atoms with Gasteiger partial charge in [-0.3, -0.25) is 14.7 Å². The van der Waals surface area contributed by atoms with Gasteiger partial charge in [-0.05, 0) is 118 Å². The highest BCUT2D eigenvalue weighted by Crippen LogP contribution is 2.38. The number of hydrogen-bond acceptors (Lipinski definition) is 5. The molecule has 7 heteroatoms. The first-order chi connectivity index (χ1) is 19.8. The lowest BCUT2D eigenvalue weighted by molar-refractivity contribution is -0.125. The van der Waals surface area contributed by atoms with Crippen LogP contribution in [0, 0.1) is 0 Å². The maximum atomic E-state index is 12.8. The molecule has 1 unspecified atom stereocenters. The normalized spacial score (nSPS) is 26.1. The Bertz CT molecular complexity index is 1410. The molecule has 3 aliphatic heterocycles. The van der Waals surface area contributed by atoms with Crippen molar-refractivity contribution in [2.24, 2.45) is 9.98 Å². The molecule has 4 heterocycles. The number of fused-ring (bicyclic) bond motifs is 2. The second-order valence-electron chi connectivity index (χ2n) is 13.0. The summed E-state index contributed by atoms with van der Waals surface area (Å²) in [7, 11) is 0. The number of piperidine rings is 1. The number of aliphatic imine (C=N–C) groups is 2. The van der Waals surface area contributed by atoms with Crippen molar-refractivity contribution < 1.29 is 9.53 Å². The first-order valence-electron chi connectivity index (χ1n) is 15.5. The summed E-state index contributed by atoms with van der Waals surface area (Å²) < 4.78 is 5.48. The molecule has 6 rings (SSSR count). The van der Waals surface area contributed by atoms with Gasteiger partial charge < -0.3 is 15.0 Å². The van der Waals surface area contributed by atoms with E-state index in [1.807, 2.05) is 0 Å². The van der Waals surface area contributed by atoms with Crippen LogP contribution in [0.4, 0.5) is 0 Å². The van der Waals surface area contributed by atoms with Crippen LogP contribution in [0.3, 0.4) is 0 Å². The minimum Gasteiger partial charge on any atom is -0.381 e. The maximum Gasteiger partial charge on any atom is 0.234 e. The molecule has 2 fully saturated rings. The predicted octanol–water partition coefficient (Wildman–Crippen LogP) is 6.13. The highest BCUT2D eigenvalue weighted by Gasteiger charge is 2.30. The molecule has 1 aromatic heterocycles. The minimum atomic E-state index is -0.130. The topological polar surface area (TPSA) is 82.1 Å². The summed E-state index contributed by atoms with van der Waals surface area (Å²) in [6, 6.07) is 7.23. The van der Waals surface area contributed by atoms with E-state index in [4.69, 9.17) is 4.74 Å². The SMILES string of the molecule is C/C1=C/C(c2[nH]c3ccc(C4CCN(CC(=O)NC5(C)CCOCC5)CC4)cc3c2C(C)C)=C\CCC2N=CN=C12. The molecule has 4 aliphatic rings. The molecule has 218 valence electrons. The zero-order chi connectivity index (χ0) is 28.6. The van der Waals surface area contributed by atoms with Crippen LogP contribution in [0.15, 0.2) is 45.9 Å². The molecule has 41 heavy (non-hydrogen) atoms. The fourth-order valence-corrected chi connectivity index (χ4v) is 7.11. The quantitative estimate of drug-likeness (QED) is 0.450. The van der Waals surface area contributed by atoms with Crippen molar-refractivity contribution in [3.05, 3.63) is 52.7 Å². The molecule has 2 N–H and O–H groups in total. The van der Waals surface area contributed by atoms with Gasteiger partial charge in [0, 0.05) is 35.3 Å². The van der Waals surface area contributed by atoms with Crippen molar-refractivity contribution in [1.82, 2.24) is 15.2 Å². The van der Waals surface area contributed by atoms with E-state index in [0.29, 0.717) is 18.4 Å². The van der Waals surface area contributed by atoms with E-state index >= 15 is 0 Å². The molecule has 0 saturated carbocycles. The Morgan fingerprint density at radius 2 is 1.98 bits per heavy atom. The lowest BCUT2D eigenvalue weighted by atomic mass is 9.87. The van der Waals surface area contributed by atoms with Crippen molar-refractivity contribution in [2.45, 2.75) is 89.6 Å². The lowest BCUT2D eigenvalue weighted by Crippen LogP contribution is -2.52. The fourth-order valence-electron chi connectivity index (χ4n) is 7.11. The largest absolute Gasteiger partial charge is 0.381 e. The summed E-state index contributed by atoms with van der Waals surface area (Å²) in [6.45, 7) is 12.8. The zero-order valence-electron chi connectivity index (χ0n) is 25.1. The number of carbonyl (C=O) groups excluding carboxylic acids is 1. The molecule has 1 amide bonds. The van der Waals surface area contributed by atoms with Crippen molar-refractivity contribution in [3.63, 3.8) is 0 Å². The molecular weight excluding hydrogens is 510 g/mol. The smallest absolute Gasteiger partial charge is 0.234 e. The van der Waals surface area contributed by atoms with E-state index in [2.05, 4.69) is 83.2 Å². The molecule has 1 aliphatic carbocycles. The van der Waals surface area contributed by atoms with Gasteiger partial charge >= 0.3 is 0 Å². The third kappa shape index (κ3) is 5.98. The number of nitrogens with zero attached hydrogens (tertiary/aromatic N) is 3. The summed E-state index contributed by atoms with van der Waals surface area (Å²) in [6.07, 6.45) is 12.3. The van der Waals surface area contributed by atoms with Gasteiger partial charge in [-0.2, -0.15) is 0 Å². The number of benzene rings is 1. The summed E-state index contributed by atoms with van der Waals surface area (Å²) in [5, 5.41) is 4.63. The van der Waals surface area contributed by atoms with Crippen LogP contribution in [0.5, 0.6) is 0 Å². The van der Waals surface area contributed by atoms with E-state index in [0.717, 1.165) is 70.5 Å². The summed E-state index contributed by atoms with van der Waals surface area (Å²) in [5.41, 5.74) is 8.71. The Morgan fingerprint density at radius 3 is 2.73 bits per heavy atom. The average Bonchev–Trinajstić information content (AvgIpc) is 3.56. The molecule has 0 radical (unpaired) electrons. The Labute approximate surface area is 244 Å². The van der Waals surface area contributed by atoms with E-state index in [1.54, 1.807) is 6.34 Å². The number of nitrogens with one attached hydrogen (secondary N) is 2. The predicted molar refractivity (Wildman–Crippen MR) is 168 cm³/mol. The van der Waals surface area contributed by atoms with Crippen LogP contribution in [-0.2, 0) is 9.53 Å². The van der Waals surface area contributed by atoms with E-state index in [-0.39, 0.29) is 17.5 Å². The maximum absolute atomic E-state index is 12.8. The highest BCUT2D eigenvalue weighted by atomic mass is 16.5. The third-order valence-electron chi connectivity index (χ3n) is 9.53. The first-order valence-corrected chi connectivity index (χ1v) is 15.5. The number of amides is 1. The van der Waals surface area contributed by atoms with E-state index in [9.17, 15) is 4.79 Å². The molecule has 2 aromatic rings. The third-order valence-corrected chi connectivity index (χ3v) is 9.53. The molecular formula is C34H45N5O2. The Balaban J connectivity index is 1.17. The van der Waals surface area contributed by atoms with Crippen LogP contribution < -0.4 is 5.32 Å². The Hall–Kier alpha value is -3.03. The number of carbonyl (C=O) groups is 1. The summed E-state index contributed by atoms with van der Waals surface area (Å²) in [5.74, 6) is 1.06. The first kappa shape index (κ1) is 28.1. The molecule has 0 bridgehead atoms. The lowest BCUT2D eigenvalue weighted by Gasteiger charge is -2.36. The van der Waals surface area contributed by atoms with Gasteiger partial charge in [0.25, 0.3) is 0 Å². The average molecular weight is 556 g/mol. The van der Waals surface area contributed by atoms with Crippen LogP contribution in [0.1, 0.15) is 94.9 Å². The standard InChI is InChI=1S/C34H45N5O2/c1-22(2)31-27-19-25(24-10-14-39(15-11-24)20-30(40)38-34(4)12-16-41-17-13-34)8-9-28(27)37-33(31)26-6-5-7-29-32(23(3)18-26)36-21-35-29/h6,8-9,18-19,21-22,24,29,37H,5,7,10-17,20H2,1-4H3,(H,38,40)/b23-18-,26-6+. The Morgan fingerprint density at radius 1 is 1.20 bits per heavy atom.